The molecule has 2 aromatic rings. The van der Waals surface area contributed by atoms with Gasteiger partial charge in [-0.2, -0.15) is 0 Å². The van der Waals surface area contributed by atoms with Crippen molar-refractivity contribution in [3.63, 3.8) is 0 Å². The van der Waals surface area contributed by atoms with Crippen molar-refractivity contribution in [3.8, 4) is 0 Å². The minimum Gasteiger partial charge on any atom is -0.379 e. The molecule has 0 spiro atoms. The molecule has 1 saturated heterocycles. The third-order valence-electron chi connectivity index (χ3n) is 4.03. The average Bonchev–Trinajstić information content (AvgIpc) is 3.13. The van der Waals surface area contributed by atoms with Crippen molar-refractivity contribution in [3.05, 3.63) is 11.9 Å². The number of nitrogens with zero attached hydrogens (tertiary/aromatic N) is 5. The van der Waals surface area contributed by atoms with Crippen molar-refractivity contribution < 1.29 is 4.74 Å². The van der Waals surface area contributed by atoms with Gasteiger partial charge in [0.25, 0.3) is 0 Å². The maximum atomic E-state index is 5.39. The molecule has 0 bridgehead atoms. The summed E-state index contributed by atoms with van der Waals surface area (Å²) in [6, 6.07) is 0.688. The first-order chi connectivity index (χ1) is 9.81. The van der Waals surface area contributed by atoms with Crippen LogP contribution >= 0.6 is 11.3 Å². The van der Waals surface area contributed by atoms with E-state index in [0.29, 0.717) is 6.04 Å². The van der Waals surface area contributed by atoms with Gasteiger partial charge in [0.15, 0.2) is 0 Å². The molecule has 20 heavy (non-hydrogen) atoms. The van der Waals surface area contributed by atoms with Crippen molar-refractivity contribution in [2.75, 3.05) is 38.3 Å². The van der Waals surface area contributed by atoms with Crippen molar-refractivity contribution in [2.45, 2.75) is 25.4 Å². The van der Waals surface area contributed by atoms with Crippen molar-refractivity contribution >= 4 is 21.4 Å². The Bertz CT molecular complexity index is 599. The molecule has 3 heterocycles. The molecular formula is C13H19N5OS. The van der Waals surface area contributed by atoms with E-state index in [1.165, 1.54) is 18.5 Å². The fraction of sp³-hybridized carbons (Fsp3) is 0.692. The van der Waals surface area contributed by atoms with Crippen LogP contribution in [0.4, 0.5) is 5.13 Å². The van der Waals surface area contributed by atoms with E-state index in [1.54, 1.807) is 11.3 Å². The summed E-state index contributed by atoms with van der Waals surface area (Å²) in [7, 11) is 2.14. The van der Waals surface area contributed by atoms with Crippen LogP contribution in [0.15, 0.2) is 6.20 Å². The Morgan fingerprint density at radius 1 is 1.40 bits per heavy atom. The molecule has 2 fully saturated rings. The molecule has 0 radical (unpaired) electrons. The zero-order valence-electron chi connectivity index (χ0n) is 11.7. The molecule has 0 unspecified atom stereocenters. The van der Waals surface area contributed by atoms with Crippen LogP contribution in [0.25, 0.3) is 4.96 Å². The summed E-state index contributed by atoms with van der Waals surface area (Å²) < 4.78 is 7.40. The summed E-state index contributed by atoms with van der Waals surface area (Å²) >= 11 is 1.68. The summed E-state index contributed by atoms with van der Waals surface area (Å²) in [6.07, 6.45) is 4.53. The zero-order chi connectivity index (χ0) is 13.5. The average molecular weight is 293 g/mol. The van der Waals surface area contributed by atoms with E-state index >= 15 is 0 Å². The van der Waals surface area contributed by atoms with E-state index in [9.17, 15) is 0 Å². The third-order valence-corrected chi connectivity index (χ3v) is 5.04. The van der Waals surface area contributed by atoms with Crippen molar-refractivity contribution in [1.82, 2.24) is 19.5 Å². The van der Waals surface area contributed by atoms with Gasteiger partial charge in [-0.25, -0.2) is 9.50 Å². The predicted octanol–water partition coefficient (Wildman–Crippen LogP) is 1.22. The van der Waals surface area contributed by atoms with E-state index in [-0.39, 0.29) is 0 Å². The number of fused-ring (bicyclic) bond motifs is 1. The molecule has 2 aliphatic rings. The molecule has 7 heteroatoms. The molecular weight excluding hydrogens is 274 g/mol. The van der Waals surface area contributed by atoms with E-state index in [2.05, 4.69) is 21.8 Å². The second kappa shape index (κ2) is 4.98. The molecule has 1 aliphatic carbocycles. The highest BCUT2D eigenvalue weighted by atomic mass is 32.1. The number of anilines is 1. The summed E-state index contributed by atoms with van der Waals surface area (Å²) in [5, 5.41) is 5.82. The monoisotopic (exact) mass is 293 g/mol. The lowest BCUT2D eigenvalue weighted by Crippen LogP contribution is -2.36. The van der Waals surface area contributed by atoms with Crippen LogP contribution in [-0.2, 0) is 11.3 Å². The molecule has 0 amide bonds. The van der Waals surface area contributed by atoms with Crippen LogP contribution < -0.4 is 4.90 Å². The van der Waals surface area contributed by atoms with Crippen molar-refractivity contribution in [2.24, 2.45) is 0 Å². The Morgan fingerprint density at radius 3 is 2.95 bits per heavy atom. The first kappa shape index (κ1) is 12.6. The quantitative estimate of drug-likeness (QED) is 0.848. The van der Waals surface area contributed by atoms with Gasteiger partial charge in [0.05, 0.1) is 25.1 Å². The lowest BCUT2D eigenvalue weighted by molar-refractivity contribution is 0.0334. The van der Waals surface area contributed by atoms with Crippen LogP contribution in [0.3, 0.4) is 0 Å². The predicted molar refractivity (Wildman–Crippen MR) is 78.4 cm³/mol. The largest absolute Gasteiger partial charge is 0.379 e. The molecule has 1 aliphatic heterocycles. The Balaban J connectivity index is 1.56. The minimum absolute atomic E-state index is 0.688. The molecule has 4 rings (SSSR count). The number of hydrogen-bond acceptors (Lipinski definition) is 6. The third kappa shape index (κ3) is 2.30. The number of hydrogen-bond donors (Lipinski definition) is 0. The maximum Gasteiger partial charge on any atom is 0.214 e. The Morgan fingerprint density at radius 2 is 2.20 bits per heavy atom. The van der Waals surface area contributed by atoms with Gasteiger partial charge in [-0.05, 0) is 12.8 Å². The van der Waals surface area contributed by atoms with Crippen LogP contribution in [0.1, 0.15) is 18.5 Å². The van der Waals surface area contributed by atoms with Crippen LogP contribution in [-0.4, -0.2) is 58.9 Å². The minimum atomic E-state index is 0.688. The smallest absolute Gasteiger partial charge is 0.214 e. The molecule has 1 saturated carbocycles. The van der Waals surface area contributed by atoms with Gasteiger partial charge in [0, 0.05) is 32.7 Å². The van der Waals surface area contributed by atoms with E-state index in [0.717, 1.165) is 42.9 Å². The molecule has 6 nitrogen and oxygen atoms in total. The molecule has 2 aromatic heterocycles. The number of aromatic nitrogens is 3. The first-order valence-electron chi connectivity index (χ1n) is 7.17. The van der Waals surface area contributed by atoms with Crippen LogP contribution in [0, 0.1) is 0 Å². The number of ether oxygens (including phenoxy) is 1. The Hall–Kier alpha value is -1.18. The second-order valence-electron chi connectivity index (χ2n) is 5.56. The van der Waals surface area contributed by atoms with Gasteiger partial charge in [0.2, 0.25) is 10.1 Å². The lowest BCUT2D eigenvalue weighted by Gasteiger charge is -2.25. The van der Waals surface area contributed by atoms with Gasteiger partial charge in [-0.1, -0.05) is 11.3 Å². The Kier molecular flexibility index (Phi) is 3.13. The zero-order valence-corrected chi connectivity index (χ0v) is 12.5. The topological polar surface area (TPSA) is 45.9 Å². The number of morpholine rings is 1. The van der Waals surface area contributed by atoms with Gasteiger partial charge in [-0.3, -0.25) is 4.90 Å². The maximum absolute atomic E-state index is 5.39. The van der Waals surface area contributed by atoms with E-state index < -0.39 is 0 Å². The standard InChI is InChI=1S/C13H19N5OS/c1-16(10-2-3-10)13-15-18-11(8-14-12(18)20-13)9-17-4-6-19-7-5-17/h8,10H,2-7,9H2,1H3. The summed E-state index contributed by atoms with van der Waals surface area (Å²) in [5.74, 6) is 0. The van der Waals surface area contributed by atoms with E-state index in [1.807, 2.05) is 10.7 Å². The highest BCUT2D eigenvalue weighted by Gasteiger charge is 2.29. The van der Waals surface area contributed by atoms with Gasteiger partial charge >= 0.3 is 0 Å². The van der Waals surface area contributed by atoms with Crippen molar-refractivity contribution in [1.29, 1.82) is 0 Å². The molecule has 0 N–H and O–H groups in total. The lowest BCUT2D eigenvalue weighted by atomic mass is 10.3. The number of imidazole rings is 1. The second-order valence-corrected chi connectivity index (χ2v) is 6.49. The normalized spacial score (nSPS) is 20.6. The Labute approximate surface area is 122 Å². The fourth-order valence-electron chi connectivity index (χ4n) is 2.58. The van der Waals surface area contributed by atoms with Crippen LogP contribution in [0.5, 0.6) is 0 Å². The summed E-state index contributed by atoms with van der Waals surface area (Å²) in [4.78, 5) is 10.2. The highest BCUT2D eigenvalue weighted by Crippen LogP contribution is 2.32. The SMILES string of the molecule is CN(c1nn2c(CN3CCOCC3)cnc2s1)C1CC1. The van der Waals surface area contributed by atoms with E-state index in [4.69, 9.17) is 9.84 Å². The van der Waals surface area contributed by atoms with Crippen LogP contribution in [0.2, 0.25) is 0 Å². The van der Waals surface area contributed by atoms with Gasteiger partial charge in [0.1, 0.15) is 0 Å². The fourth-order valence-corrected chi connectivity index (χ4v) is 3.51. The summed E-state index contributed by atoms with van der Waals surface area (Å²) in [5.41, 5.74) is 1.17. The van der Waals surface area contributed by atoms with Gasteiger partial charge < -0.3 is 9.64 Å². The highest BCUT2D eigenvalue weighted by molar-refractivity contribution is 7.20. The first-order valence-corrected chi connectivity index (χ1v) is 7.99. The summed E-state index contributed by atoms with van der Waals surface area (Å²) in [6.45, 7) is 4.54. The number of rotatable bonds is 4. The molecule has 0 aromatic carbocycles. The molecule has 108 valence electrons. The van der Waals surface area contributed by atoms with Gasteiger partial charge in [-0.15, -0.1) is 5.10 Å². The molecule has 0 atom stereocenters.